The van der Waals surface area contributed by atoms with Gasteiger partial charge < -0.3 is 14.2 Å². The van der Waals surface area contributed by atoms with Crippen LogP contribution in [0.2, 0.25) is 0 Å². The number of carbonyl (C=O) groups excluding carboxylic acids is 1. The molecule has 25 heavy (non-hydrogen) atoms. The molecule has 0 saturated carbocycles. The third-order valence-electron chi connectivity index (χ3n) is 4.63. The number of halogens is 1. The number of likely N-dealkylation sites (tertiary alicyclic amines) is 1. The van der Waals surface area contributed by atoms with E-state index in [-0.39, 0.29) is 17.8 Å². The second kappa shape index (κ2) is 8.12. The first kappa shape index (κ1) is 17.4. The predicted octanol–water partition coefficient (Wildman–Crippen LogP) is 3.55. The molecule has 3 rings (SSSR count). The molecule has 5 heteroatoms. The largest absolute Gasteiger partial charge is 0.467 e. The third-order valence-corrected chi connectivity index (χ3v) is 4.63. The zero-order valence-corrected chi connectivity index (χ0v) is 14.4. The summed E-state index contributed by atoms with van der Waals surface area (Å²) in [7, 11) is 2.09. The number of rotatable bonds is 5. The molecular weight excluding hydrogens is 319 g/mol. The summed E-state index contributed by atoms with van der Waals surface area (Å²) >= 11 is 0. The van der Waals surface area contributed by atoms with E-state index in [4.69, 9.17) is 4.42 Å². The molecule has 2 heterocycles. The van der Waals surface area contributed by atoms with Gasteiger partial charge in [-0.15, -0.1) is 0 Å². The molecule has 0 bridgehead atoms. The van der Waals surface area contributed by atoms with Crippen LogP contribution in [0.15, 0.2) is 53.2 Å². The fraction of sp³-hybridized carbons (Fsp3) is 0.350. The van der Waals surface area contributed by atoms with E-state index in [1.54, 1.807) is 30.5 Å². The van der Waals surface area contributed by atoms with E-state index in [2.05, 4.69) is 11.9 Å². The molecule has 1 amide bonds. The molecule has 132 valence electrons. The van der Waals surface area contributed by atoms with Crippen molar-refractivity contribution >= 4 is 12.0 Å². The molecule has 1 saturated heterocycles. The van der Waals surface area contributed by atoms with Crippen molar-refractivity contribution in [1.82, 2.24) is 9.80 Å². The van der Waals surface area contributed by atoms with Gasteiger partial charge in [-0.05, 0) is 57.3 Å². The van der Waals surface area contributed by atoms with Crippen LogP contribution in [-0.4, -0.2) is 41.9 Å². The SMILES string of the molecule is CN1CCC(N(Cc2ccco2)C(=O)/C=C/c2ccccc2F)CC1. The molecule has 0 radical (unpaired) electrons. The highest BCUT2D eigenvalue weighted by Crippen LogP contribution is 2.20. The Balaban J connectivity index is 1.75. The molecule has 0 unspecified atom stereocenters. The molecule has 0 atom stereocenters. The van der Waals surface area contributed by atoms with Gasteiger partial charge in [0.2, 0.25) is 5.91 Å². The maximum absolute atomic E-state index is 13.7. The molecule has 1 aliphatic rings. The Morgan fingerprint density at radius 2 is 2.04 bits per heavy atom. The Bertz CT molecular complexity index is 719. The van der Waals surface area contributed by atoms with E-state index >= 15 is 0 Å². The van der Waals surface area contributed by atoms with Gasteiger partial charge in [0.15, 0.2) is 0 Å². The summed E-state index contributed by atoms with van der Waals surface area (Å²) in [4.78, 5) is 16.9. The van der Waals surface area contributed by atoms with Gasteiger partial charge in [0, 0.05) is 17.7 Å². The van der Waals surface area contributed by atoms with Gasteiger partial charge in [-0.3, -0.25) is 4.79 Å². The number of furan rings is 1. The van der Waals surface area contributed by atoms with Crippen LogP contribution in [-0.2, 0) is 11.3 Å². The zero-order valence-electron chi connectivity index (χ0n) is 14.4. The maximum Gasteiger partial charge on any atom is 0.247 e. The summed E-state index contributed by atoms with van der Waals surface area (Å²) in [6.07, 6.45) is 6.47. The standard InChI is InChI=1S/C20H23FN2O2/c1-22-12-10-17(11-13-22)23(15-18-6-4-14-25-18)20(24)9-8-16-5-2-3-7-19(16)21/h2-9,14,17H,10-13,15H2,1H3/b9-8+. The molecule has 0 spiro atoms. The van der Waals surface area contributed by atoms with Crippen molar-refractivity contribution < 1.29 is 13.6 Å². The Morgan fingerprint density at radius 3 is 2.72 bits per heavy atom. The highest BCUT2D eigenvalue weighted by molar-refractivity contribution is 5.92. The van der Waals surface area contributed by atoms with Crippen molar-refractivity contribution in [3.05, 3.63) is 65.9 Å². The van der Waals surface area contributed by atoms with E-state index in [1.807, 2.05) is 17.0 Å². The number of hydrogen-bond donors (Lipinski definition) is 0. The Kier molecular flexibility index (Phi) is 5.66. The van der Waals surface area contributed by atoms with Gasteiger partial charge in [0.05, 0.1) is 12.8 Å². The van der Waals surface area contributed by atoms with E-state index in [0.29, 0.717) is 12.1 Å². The highest BCUT2D eigenvalue weighted by atomic mass is 19.1. The van der Waals surface area contributed by atoms with Crippen LogP contribution in [0.3, 0.4) is 0 Å². The molecular formula is C20H23FN2O2. The van der Waals surface area contributed by atoms with E-state index in [0.717, 1.165) is 31.7 Å². The molecule has 4 nitrogen and oxygen atoms in total. The minimum absolute atomic E-state index is 0.116. The van der Waals surface area contributed by atoms with Crippen molar-refractivity contribution in [3.8, 4) is 0 Å². The predicted molar refractivity (Wildman–Crippen MR) is 95.2 cm³/mol. The van der Waals surface area contributed by atoms with Crippen molar-refractivity contribution in [2.75, 3.05) is 20.1 Å². The van der Waals surface area contributed by atoms with Gasteiger partial charge in [-0.1, -0.05) is 18.2 Å². The van der Waals surface area contributed by atoms with Gasteiger partial charge in [0.25, 0.3) is 0 Å². The second-order valence-corrected chi connectivity index (χ2v) is 6.43. The molecule has 0 N–H and O–H groups in total. The van der Waals surface area contributed by atoms with Crippen LogP contribution in [0.4, 0.5) is 4.39 Å². The molecule has 1 aromatic heterocycles. The zero-order chi connectivity index (χ0) is 17.6. The van der Waals surface area contributed by atoms with Crippen molar-refractivity contribution in [2.45, 2.75) is 25.4 Å². The number of amides is 1. The fourth-order valence-corrected chi connectivity index (χ4v) is 3.13. The van der Waals surface area contributed by atoms with Crippen LogP contribution in [0, 0.1) is 5.82 Å². The fourth-order valence-electron chi connectivity index (χ4n) is 3.13. The van der Waals surface area contributed by atoms with Crippen molar-refractivity contribution in [2.24, 2.45) is 0 Å². The smallest absolute Gasteiger partial charge is 0.247 e. The summed E-state index contributed by atoms with van der Waals surface area (Å²) < 4.78 is 19.2. The first-order valence-electron chi connectivity index (χ1n) is 8.57. The Morgan fingerprint density at radius 1 is 1.28 bits per heavy atom. The van der Waals surface area contributed by atoms with Crippen LogP contribution >= 0.6 is 0 Å². The lowest BCUT2D eigenvalue weighted by Gasteiger charge is -2.36. The van der Waals surface area contributed by atoms with E-state index < -0.39 is 0 Å². The lowest BCUT2D eigenvalue weighted by Crippen LogP contribution is -2.45. The summed E-state index contributed by atoms with van der Waals surface area (Å²) in [5.74, 6) is 0.309. The monoisotopic (exact) mass is 342 g/mol. The minimum Gasteiger partial charge on any atom is -0.467 e. The number of nitrogens with zero attached hydrogens (tertiary/aromatic N) is 2. The average Bonchev–Trinajstić information content (AvgIpc) is 3.13. The topological polar surface area (TPSA) is 36.7 Å². The average molecular weight is 342 g/mol. The van der Waals surface area contributed by atoms with Gasteiger partial charge in [0.1, 0.15) is 11.6 Å². The lowest BCUT2D eigenvalue weighted by molar-refractivity contribution is -0.130. The van der Waals surface area contributed by atoms with Crippen LogP contribution < -0.4 is 0 Å². The summed E-state index contributed by atoms with van der Waals surface area (Å²) in [6.45, 7) is 2.36. The second-order valence-electron chi connectivity index (χ2n) is 6.43. The number of piperidine rings is 1. The van der Waals surface area contributed by atoms with Gasteiger partial charge in [-0.2, -0.15) is 0 Å². The first-order chi connectivity index (χ1) is 12.1. The molecule has 0 aliphatic carbocycles. The number of hydrogen-bond acceptors (Lipinski definition) is 3. The van der Waals surface area contributed by atoms with Gasteiger partial charge in [-0.25, -0.2) is 4.39 Å². The maximum atomic E-state index is 13.7. The van der Waals surface area contributed by atoms with Crippen molar-refractivity contribution in [3.63, 3.8) is 0 Å². The Labute approximate surface area is 147 Å². The number of benzene rings is 1. The third kappa shape index (κ3) is 4.57. The van der Waals surface area contributed by atoms with Crippen LogP contribution in [0.1, 0.15) is 24.2 Å². The van der Waals surface area contributed by atoms with E-state index in [1.165, 1.54) is 12.1 Å². The normalized spacial score (nSPS) is 16.4. The lowest BCUT2D eigenvalue weighted by atomic mass is 10.0. The first-order valence-corrected chi connectivity index (χ1v) is 8.57. The molecule has 1 fully saturated rings. The quantitative estimate of drug-likeness (QED) is 0.780. The number of carbonyl (C=O) groups is 1. The summed E-state index contributed by atoms with van der Waals surface area (Å²) in [6, 6.07) is 10.3. The Hall–Kier alpha value is -2.40. The van der Waals surface area contributed by atoms with Crippen LogP contribution in [0.25, 0.3) is 6.08 Å². The highest BCUT2D eigenvalue weighted by Gasteiger charge is 2.26. The molecule has 1 aliphatic heterocycles. The van der Waals surface area contributed by atoms with Gasteiger partial charge >= 0.3 is 0 Å². The van der Waals surface area contributed by atoms with E-state index in [9.17, 15) is 9.18 Å². The van der Waals surface area contributed by atoms with Crippen molar-refractivity contribution in [1.29, 1.82) is 0 Å². The summed E-state index contributed by atoms with van der Waals surface area (Å²) in [5.41, 5.74) is 0.414. The minimum atomic E-state index is -0.330. The molecule has 2 aromatic rings. The molecule has 1 aromatic carbocycles. The summed E-state index contributed by atoms with van der Waals surface area (Å²) in [5, 5.41) is 0. The van der Waals surface area contributed by atoms with Crippen LogP contribution in [0.5, 0.6) is 0 Å².